The second-order valence-corrected chi connectivity index (χ2v) is 4.73. The number of amides is 2. The lowest BCUT2D eigenvalue weighted by atomic mass is 10.1. The molecule has 2 aromatic carbocycles. The van der Waals surface area contributed by atoms with Gasteiger partial charge in [-0.15, -0.1) is 0 Å². The molecule has 0 aliphatic carbocycles. The van der Waals surface area contributed by atoms with Crippen LogP contribution >= 0.6 is 0 Å². The van der Waals surface area contributed by atoms with E-state index < -0.39 is 6.03 Å². The van der Waals surface area contributed by atoms with E-state index in [0.717, 1.165) is 28.2 Å². The number of benzene rings is 2. The number of primary amides is 1. The van der Waals surface area contributed by atoms with Gasteiger partial charge < -0.3 is 10.5 Å². The quantitative estimate of drug-likeness (QED) is 0.668. The van der Waals surface area contributed by atoms with Gasteiger partial charge in [0, 0.05) is 0 Å². The van der Waals surface area contributed by atoms with E-state index in [1.54, 1.807) is 0 Å². The van der Waals surface area contributed by atoms with Crippen molar-refractivity contribution in [2.45, 2.75) is 13.8 Å². The Labute approximate surface area is 123 Å². The summed E-state index contributed by atoms with van der Waals surface area (Å²) in [6.07, 6.45) is 1.51. The van der Waals surface area contributed by atoms with Crippen LogP contribution in [0.25, 0.3) is 0 Å². The highest BCUT2D eigenvalue weighted by Gasteiger charge is 1.99. The minimum Gasteiger partial charge on any atom is -0.457 e. The molecule has 0 saturated carbocycles. The van der Waals surface area contributed by atoms with Crippen LogP contribution in [0.1, 0.15) is 16.7 Å². The lowest BCUT2D eigenvalue weighted by Crippen LogP contribution is -2.24. The first-order valence-corrected chi connectivity index (χ1v) is 6.47. The molecule has 2 rings (SSSR count). The number of nitrogens with zero attached hydrogens (tertiary/aromatic N) is 1. The van der Waals surface area contributed by atoms with E-state index >= 15 is 0 Å². The molecule has 0 radical (unpaired) electrons. The van der Waals surface area contributed by atoms with Crippen LogP contribution in [0.4, 0.5) is 4.79 Å². The number of urea groups is 1. The number of rotatable bonds is 4. The van der Waals surface area contributed by atoms with Crippen LogP contribution in [0.5, 0.6) is 11.5 Å². The first kappa shape index (κ1) is 14.6. The Morgan fingerprint density at radius 3 is 2.29 bits per heavy atom. The molecular formula is C16H17N3O2. The molecule has 0 aromatic heterocycles. The second-order valence-electron chi connectivity index (χ2n) is 4.73. The van der Waals surface area contributed by atoms with Crippen LogP contribution in [0.15, 0.2) is 47.6 Å². The molecule has 2 amide bonds. The number of nitrogens with one attached hydrogen (secondary N) is 1. The average molecular weight is 283 g/mol. The Balaban J connectivity index is 2.05. The maximum atomic E-state index is 10.5. The molecule has 0 unspecified atom stereocenters. The Bertz CT molecular complexity index is 643. The van der Waals surface area contributed by atoms with Gasteiger partial charge in [0.2, 0.25) is 0 Å². The summed E-state index contributed by atoms with van der Waals surface area (Å²) < 4.78 is 5.80. The molecular weight excluding hydrogens is 266 g/mol. The zero-order valence-electron chi connectivity index (χ0n) is 12.0. The molecule has 0 heterocycles. The summed E-state index contributed by atoms with van der Waals surface area (Å²) in [6.45, 7) is 4.07. The van der Waals surface area contributed by atoms with Crippen LogP contribution in [-0.2, 0) is 0 Å². The van der Waals surface area contributed by atoms with Gasteiger partial charge in [-0.25, -0.2) is 10.2 Å². The fourth-order valence-corrected chi connectivity index (χ4v) is 1.92. The fraction of sp³-hybridized carbons (Fsp3) is 0.125. The van der Waals surface area contributed by atoms with Crippen LogP contribution in [0.3, 0.4) is 0 Å². The number of ether oxygens (including phenoxy) is 1. The summed E-state index contributed by atoms with van der Waals surface area (Å²) in [5, 5.41) is 3.69. The predicted molar refractivity (Wildman–Crippen MR) is 82.7 cm³/mol. The summed E-state index contributed by atoms with van der Waals surface area (Å²) in [5.74, 6) is 1.55. The highest BCUT2D eigenvalue weighted by Crippen LogP contribution is 2.23. The number of carbonyl (C=O) groups is 1. The van der Waals surface area contributed by atoms with Crippen molar-refractivity contribution in [3.63, 3.8) is 0 Å². The lowest BCUT2D eigenvalue weighted by molar-refractivity contribution is 0.249. The molecule has 5 heteroatoms. The van der Waals surface area contributed by atoms with Crippen molar-refractivity contribution >= 4 is 12.2 Å². The van der Waals surface area contributed by atoms with E-state index in [-0.39, 0.29) is 0 Å². The molecule has 0 fully saturated rings. The molecule has 2 aromatic rings. The van der Waals surface area contributed by atoms with Crippen molar-refractivity contribution in [1.29, 1.82) is 0 Å². The largest absolute Gasteiger partial charge is 0.457 e. The van der Waals surface area contributed by atoms with Crippen LogP contribution in [0.2, 0.25) is 0 Å². The van der Waals surface area contributed by atoms with E-state index in [1.807, 2.05) is 50.2 Å². The van der Waals surface area contributed by atoms with E-state index in [2.05, 4.69) is 16.6 Å². The molecule has 0 aliphatic heterocycles. The Morgan fingerprint density at radius 1 is 1.10 bits per heavy atom. The third-order valence-electron chi connectivity index (χ3n) is 2.70. The summed E-state index contributed by atoms with van der Waals surface area (Å²) in [7, 11) is 0. The van der Waals surface area contributed by atoms with Crippen molar-refractivity contribution in [2.24, 2.45) is 10.8 Å². The summed E-state index contributed by atoms with van der Waals surface area (Å²) in [6, 6.07) is 12.7. The molecule has 3 N–H and O–H groups in total. The molecule has 0 saturated heterocycles. The van der Waals surface area contributed by atoms with E-state index in [4.69, 9.17) is 10.5 Å². The van der Waals surface area contributed by atoms with Crippen LogP contribution in [-0.4, -0.2) is 12.2 Å². The van der Waals surface area contributed by atoms with Gasteiger partial charge >= 0.3 is 6.03 Å². The first-order valence-electron chi connectivity index (χ1n) is 6.47. The van der Waals surface area contributed by atoms with Crippen molar-refractivity contribution in [3.05, 3.63) is 59.2 Å². The van der Waals surface area contributed by atoms with Gasteiger partial charge in [-0.2, -0.15) is 5.10 Å². The normalized spacial score (nSPS) is 10.6. The Hall–Kier alpha value is -2.82. The topological polar surface area (TPSA) is 76.7 Å². The molecule has 108 valence electrons. The summed E-state index contributed by atoms with van der Waals surface area (Å²) in [4.78, 5) is 10.5. The first-order chi connectivity index (χ1) is 10.0. The Morgan fingerprint density at radius 2 is 1.71 bits per heavy atom. The summed E-state index contributed by atoms with van der Waals surface area (Å²) in [5.41, 5.74) is 10.2. The third kappa shape index (κ3) is 4.65. The van der Waals surface area contributed by atoms with Gasteiger partial charge in [-0.05, 0) is 66.9 Å². The number of hydrogen-bond donors (Lipinski definition) is 2. The highest BCUT2D eigenvalue weighted by atomic mass is 16.5. The molecule has 21 heavy (non-hydrogen) atoms. The molecule has 0 aliphatic rings. The number of carbonyl (C=O) groups excluding carboxylic acids is 1. The summed E-state index contributed by atoms with van der Waals surface area (Å²) >= 11 is 0. The predicted octanol–water partition coefficient (Wildman–Crippen LogP) is 3.10. The van der Waals surface area contributed by atoms with Crippen LogP contribution < -0.4 is 15.9 Å². The molecule has 5 nitrogen and oxygen atoms in total. The zero-order chi connectivity index (χ0) is 15.2. The van der Waals surface area contributed by atoms with Crippen molar-refractivity contribution in [3.8, 4) is 11.5 Å². The van der Waals surface area contributed by atoms with E-state index in [9.17, 15) is 4.79 Å². The average Bonchev–Trinajstić information content (AvgIpc) is 2.39. The molecule has 0 spiro atoms. The Kier molecular flexibility index (Phi) is 4.56. The van der Waals surface area contributed by atoms with E-state index in [0.29, 0.717) is 0 Å². The monoisotopic (exact) mass is 283 g/mol. The fourth-order valence-electron chi connectivity index (χ4n) is 1.92. The minimum absolute atomic E-state index is 0.693. The smallest absolute Gasteiger partial charge is 0.332 e. The van der Waals surface area contributed by atoms with Crippen molar-refractivity contribution in [2.75, 3.05) is 0 Å². The highest BCUT2D eigenvalue weighted by molar-refractivity contribution is 5.81. The third-order valence-corrected chi connectivity index (χ3v) is 2.70. The standard InChI is InChI=1S/C16H17N3O2/c1-11-7-12(2)9-15(8-11)21-14-5-3-13(4-6-14)10-18-19-16(17)20/h3-10H,1-2H3,(H3,17,19,20)/b18-10-. The molecule has 0 atom stereocenters. The number of hydrazone groups is 1. The maximum absolute atomic E-state index is 10.5. The second kappa shape index (κ2) is 6.56. The number of nitrogens with two attached hydrogens (primary N) is 1. The lowest BCUT2D eigenvalue weighted by Gasteiger charge is -2.08. The SMILES string of the molecule is Cc1cc(C)cc(Oc2ccc(/C=N\NC(N)=O)cc2)c1. The van der Waals surface area contributed by atoms with Crippen LogP contribution in [0, 0.1) is 13.8 Å². The van der Waals surface area contributed by atoms with Gasteiger partial charge in [-0.1, -0.05) is 6.07 Å². The zero-order valence-corrected chi connectivity index (χ0v) is 12.0. The van der Waals surface area contributed by atoms with Gasteiger partial charge in [-0.3, -0.25) is 0 Å². The minimum atomic E-state index is -0.693. The van der Waals surface area contributed by atoms with Gasteiger partial charge in [0.05, 0.1) is 6.21 Å². The van der Waals surface area contributed by atoms with Gasteiger partial charge in [0.25, 0.3) is 0 Å². The maximum Gasteiger partial charge on any atom is 0.332 e. The van der Waals surface area contributed by atoms with E-state index in [1.165, 1.54) is 6.21 Å². The van der Waals surface area contributed by atoms with Gasteiger partial charge in [0.1, 0.15) is 11.5 Å². The van der Waals surface area contributed by atoms with Crippen molar-refractivity contribution in [1.82, 2.24) is 5.43 Å². The van der Waals surface area contributed by atoms with Gasteiger partial charge in [0.15, 0.2) is 0 Å². The molecule has 0 bridgehead atoms. The van der Waals surface area contributed by atoms with Crippen molar-refractivity contribution < 1.29 is 9.53 Å². The number of aryl methyl sites for hydroxylation is 2. The number of hydrogen-bond acceptors (Lipinski definition) is 3.